The van der Waals surface area contributed by atoms with Crippen LogP contribution in [-0.4, -0.2) is 33.4 Å². The van der Waals surface area contributed by atoms with Crippen LogP contribution in [0.2, 0.25) is 5.02 Å². The van der Waals surface area contributed by atoms with Crippen molar-refractivity contribution in [2.75, 3.05) is 13.2 Å². The first kappa shape index (κ1) is 15.7. The van der Waals surface area contributed by atoms with E-state index in [2.05, 4.69) is 15.5 Å². The lowest BCUT2D eigenvalue weighted by atomic mass is 10.2. The van der Waals surface area contributed by atoms with Crippen LogP contribution in [-0.2, 0) is 6.61 Å². The summed E-state index contributed by atoms with van der Waals surface area (Å²) in [6, 6.07) is 11.2. The minimum absolute atomic E-state index is 0.376. The molecule has 0 unspecified atom stereocenters. The normalized spacial score (nSPS) is 13.3. The lowest BCUT2D eigenvalue weighted by molar-refractivity contribution is 0.295. The van der Waals surface area contributed by atoms with Gasteiger partial charge in [-0.1, -0.05) is 11.6 Å². The van der Waals surface area contributed by atoms with Crippen LogP contribution in [0.3, 0.4) is 0 Å². The number of aromatic nitrogens is 4. The molecule has 0 radical (unpaired) electrons. The number of halogens is 1. The van der Waals surface area contributed by atoms with E-state index in [-0.39, 0.29) is 0 Å². The highest BCUT2D eigenvalue weighted by Crippen LogP contribution is 2.38. The van der Waals surface area contributed by atoms with E-state index in [1.54, 1.807) is 4.68 Å². The number of fused-ring (bicyclic) bond motifs is 1. The molecule has 1 aliphatic heterocycles. The molecule has 2 aromatic carbocycles. The molecule has 2 heterocycles. The first-order valence-electron chi connectivity index (χ1n) is 7.84. The molecule has 0 fully saturated rings. The minimum Gasteiger partial charge on any atom is -0.489 e. The molecule has 0 N–H and O–H groups in total. The lowest BCUT2D eigenvalue weighted by Gasteiger charge is -2.12. The first-order chi connectivity index (χ1) is 12.3. The fraction of sp³-hybridized carbons (Fsp3) is 0.235. The molecule has 0 saturated carbocycles. The van der Waals surface area contributed by atoms with Gasteiger partial charge in [-0.05, 0) is 52.4 Å². The Morgan fingerprint density at radius 3 is 2.76 bits per heavy atom. The van der Waals surface area contributed by atoms with Crippen LogP contribution in [0.4, 0.5) is 0 Å². The molecule has 1 aromatic heterocycles. The van der Waals surface area contributed by atoms with Crippen molar-refractivity contribution in [2.45, 2.75) is 13.0 Å². The van der Waals surface area contributed by atoms with Gasteiger partial charge in [0.25, 0.3) is 0 Å². The van der Waals surface area contributed by atoms with Crippen molar-refractivity contribution in [1.29, 1.82) is 0 Å². The summed E-state index contributed by atoms with van der Waals surface area (Å²) in [6.45, 7) is 1.60. The molecule has 7 nitrogen and oxygen atoms in total. The molecule has 4 rings (SSSR count). The zero-order chi connectivity index (χ0) is 17.1. The largest absolute Gasteiger partial charge is 0.489 e. The maximum absolute atomic E-state index is 6.30. The fourth-order valence-electron chi connectivity index (χ4n) is 2.51. The monoisotopic (exact) mass is 358 g/mol. The van der Waals surface area contributed by atoms with E-state index in [4.69, 9.17) is 25.8 Å². The van der Waals surface area contributed by atoms with E-state index in [0.717, 1.165) is 23.4 Å². The summed E-state index contributed by atoms with van der Waals surface area (Å²) in [6.07, 6.45) is 2.38. The zero-order valence-electron chi connectivity index (χ0n) is 13.3. The highest BCUT2D eigenvalue weighted by molar-refractivity contribution is 6.32. The Bertz CT molecular complexity index is 853. The summed E-state index contributed by atoms with van der Waals surface area (Å²) in [4.78, 5) is 0. The predicted octanol–water partition coefficient (Wildman–Crippen LogP) is 3.06. The number of hydrogen-bond acceptors (Lipinski definition) is 6. The molecule has 128 valence electrons. The third-order valence-electron chi connectivity index (χ3n) is 3.72. The van der Waals surface area contributed by atoms with E-state index < -0.39 is 0 Å². The zero-order valence-corrected chi connectivity index (χ0v) is 14.0. The second-order valence-corrected chi connectivity index (χ2v) is 5.90. The smallest absolute Gasteiger partial charge is 0.179 e. The Morgan fingerprint density at radius 1 is 1.12 bits per heavy atom. The first-order valence-corrected chi connectivity index (χ1v) is 8.21. The van der Waals surface area contributed by atoms with Crippen molar-refractivity contribution in [1.82, 2.24) is 20.2 Å². The van der Waals surface area contributed by atoms with Crippen LogP contribution < -0.4 is 14.2 Å². The molecule has 3 aromatic rings. The van der Waals surface area contributed by atoms with E-state index in [1.807, 2.05) is 36.4 Å². The molecular weight excluding hydrogens is 344 g/mol. The molecule has 0 spiro atoms. The van der Waals surface area contributed by atoms with Crippen molar-refractivity contribution in [3.63, 3.8) is 0 Å². The van der Waals surface area contributed by atoms with Crippen molar-refractivity contribution in [3.05, 3.63) is 53.3 Å². The second-order valence-electron chi connectivity index (χ2n) is 5.49. The van der Waals surface area contributed by atoms with Gasteiger partial charge < -0.3 is 14.2 Å². The standard InChI is InChI=1S/C17H15ClN4O3/c18-15-8-12(9-16-17(15)24-7-1-6-23-16)10-25-14-4-2-13(3-5-14)22-11-19-20-21-22/h2-5,8-9,11H,1,6-7,10H2. The van der Waals surface area contributed by atoms with Crippen LogP contribution in [0.1, 0.15) is 12.0 Å². The Balaban J connectivity index is 1.46. The van der Waals surface area contributed by atoms with Gasteiger partial charge in [-0.15, -0.1) is 5.10 Å². The number of tetrazole rings is 1. The third kappa shape index (κ3) is 3.51. The van der Waals surface area contributed by atoms with E-state index in [1.165, 1.54) is 6.33 Å². The van der Waals surface area contributed by atoms with Gasteiger partial charge >= 0.3 is 0 Å². The number of nitrogens with zero attached hydrogens (tertiary/aromatic N) is 4. The summed E-state index contributed by atoms with van der Waals surface area (Å²) in [7, 11) is 0. The van der Waals surface area contributed by atoms with Gasteiger partial charge in [0, 0.05) is 6.42 Å². The van der Waals surface area contributed by atoms with Crippen molar-refractivity contribution in [3.8, 4) is 22.9 Å². The van der Waals surface area contributed by atoms with Gasteiger partial charge in [0.2, 0.25) is 0 Å². The molecule has 0 amide bonds. The van der Waals surface area contributed by atoms with Gasteiger partial charge in [-0.2, -0.15) is 0 Å². The van der Waals surface area contributed by atoms with Gasteiger partial charge in [0.15, 0.2) is 11.5 Å². The minimum atomic E-state index is 0.376. The van der Waals surface area contributed by atoms with E-state index >= 15 is 0 Å². The Hall–Kier alpha value is -2.80. The predicted molar refractivity (Wildman–Crippen MR) is 90.5 cm³/mol. The summed E-state index contributed by atoms with van der Waals surface area (Å²) in [5.41, 5.74) is 1.77. The van der Waals surface area contributed by atoms with Crippen LogP contribution in [0.5, 0.6) is 17.2 Å². The topological polar surface area (TPSA) is 71.3 Å². The fourth-order valence-corrected chi connectivity index (χ4v) is 2.80. The highest BCUT2D eigenvalue weighted by atomic mass is 35.5. The van der Waals surface area contributed by atoms with Gasteiger partial charge in [0.05, 0.1) is 23.9 Å². The molecule has 0 bridgehead atoms. The Morgan fingerprint density at radius 2 is 1.96 bits per heavy atom. The number of benzene rings is 2. The number of rotatable bonds is 4. The Labute approximate surface area is 149 Å². The van der Waals surface area contributed by atoms with Crippen LogP contribution in [0, 0.1) is 0 Å². The van der Waals surface area contributed by atoms with Crippen molar-refractivity contribution in [2.24, 2.45) is 0 Å². The molecule has 25 heavy (non-hydrogen) atoms. The average molecular weight is 359 g/mol. The molecule has 0 saturated heterocycles. The molecule has 0 aliphatic carbocycles. The maximum atomic E-state index is 6.30. The quantitative estimate of drug-likeness (QED) is 0.713. The maximum Gasteiger partial charge on any atom is 0.179 e. The number of ether oxygens (including phenoxy) is 3. The third-order valence-corrected chi connectivity index (χ3v) is 4.00. The van der Waals surface area contributed by atoms with Crippen LogP contribution in [0.25, 0.3) is 5.69 Å². The summed E-state index contributed by atoms with van der Waals surface area (Å²) in [5.74, 6) is 2.01. The SMILES string of the molecule is Clc1cc(COc2ccc(-n3cnnn3)cc2)cc2c1OCCCO2. The average Bonchev–Trinajstić information content (AvgIpc) is 3.06. The van der Waals surface area contributed by atoms with Crippen molar-refractivity contribution >= 4 is 11.6 Å². The molecule has 1 aliphatic rings. The molecule has 0 atom stereocenters. The van der Waals surface area contributed by atoms with Gasteiger partial charge in [-0.3, -0.25) is 0 Å². The number of hydrogen-bond donors (Lipinski definition) is 0. The van der Waals surface area contributed by atoms with Gasteiger partial charge in [-0.25, -0.2) is 4.68 Å². The summed E-state index contributed by atoms with van der Waals surface area (Å²) < 4.78 is 18.7. The van der Waals surface area contributed by atoms with Gasteiger partial charge in [0.1, 0.15) is 18.7 Å². The molecular formula is C17H15ClN4O3. The second kappa shape index (κ2) is 6.98. The lowest BCUT2D eigenvalue weighted by Crippen LogP contribution is -1.99. The van der Waals surface area contributed by atoms with E-state index in [0.29, 0.717) is 36.3 Å². The van der Waals surface area contributed by atoms with Crippen molar-refractivity contribution < 1.29 is 14.2 Å². The molecule has 8 heteroatoms. The summed E-state index contributed by atoms with van der Waals surface area (Å²) in [5, 5.41) is 11.6. The highest BCUT2D eigenvalue weighted by Gasteiger charge is 2.15. The van der Waals surface area contributed by atoms with Crippen LogP contribution >= 0.6 is 11.6 Å². The summed E-state index contributed by atoms with van der Waals surface area (Å²) >= 11 is 6.30. The Kier molecular flexibility index (Phi) is 4.39. The van der Waals surface area contributed by atoms with Crippen LogP contribution in [0.15, 0.2) is 42.7 Å². The van der Waals surface area contributed by atoms with E-state index in [9.17, 15) is 0 Å².